The molecule has 0 spiro atoms. The van der Waals surface area contributed by atoms with Crippen LogP contribution in [0.15, 0.2) is 54.7 Å². The Kier molecular flexibility index (Phi) is 6.58. The highest BCUT2D eigenvalue weighted by Gasteiger charge is 2.34. The van der Waals surface area contributed by atoms with Crippen LogP contribution in [0, 0.1) is 5.82 Å². The van der Waals surface area contributed by atoms with Crippen molar-refractivity contribution in [1.29, 1.82) is 0 Å². The van der Waals surface area contributed by atoms with Crippen LogP contribution in [0.5, 0.6) is 11.5 Å². The van der Waals surface area contributed by atoms with Gasteiger partial charge >= 0.3 is 0 Å². The van der Waals surface area contributed by atoms with Crippen LogP contribution in [0.25, 0.3) is 10.1 Å². The fraction of sp³-hybridized carbons (Fsp3) is 0.273. The highest BCUT2D eigenvalue weighted by molar-refractivity contribution is 7.19. The van der Waals surface area contributed by atoms with Gasteiger partial charge in [0, 0.05) is 28.3 Å². The minimum absolute atomic E-state index is 0.0546. The lowest BCUT2D eigenvalue weighted by atomic mass is 10.1. The lowest BCUT2D eigenvalue weighted by Crippen LogP contribution is -2.20. The predicted octanol–water partition coefficient (Wildman–Crippen LogP) is 6.33. The Labute approximate surface area is 176 Å². The molecule has 30 heavy (non-hydrogen) atoms. The Morgan fingerprint density at radius 3 is 2.50 bits per heavy atom. The van der Waals surface area contributed by atoms with Gasteiger partial charge in [-0.25, -0.2) is 13.2 Å². The summed E-state index contributed by atoms with van der Waals surface area (Å²) in [6.45, 7) is 3.85. The van der Waals surface area contributed by atoms with Gasteiger partial charge in [0.15, 0.2) is 17.3 Å². The number of ether oxygens (including phenoxy) is 2. The number of allylic oxidation sites excluding steroid dienone is 1. The molecule has 0 fully saturated rings. The number of hydroxylamine groups is 2. The van der Waals surface area contributed by atoms with Gasteiger partial charge in [-0.05, 0) is 18.1 Å². The number of hydrogen-bond donors (Lipinski definition) is 1. The maximum absolute atomic E-state index is 14.8. The number of rotatable bonds is 9. The highest BCUT2D eigenvalue weighted by atomic mass is 32.1. The van der Waals surface area contributed by atoms with Gasteiger partial charge < -0.3 is 9.47 Å². The van der Waals surface area contributed by atoms with Crippen LogP contribution < -0.4 is 9.47 Å². The second-order valence-electron chi connectivity index (χ2n) is 6.76. The minimum Gasteiger partial charge on any atom is -0.493 e. The fourth-order valence-corrected chi connectivity index (χ4v) is 4.13. The largest absolute Gasteiger partial charge is 0.493 e. The van der Waals surface area contributed by atoms with E-state index in [9.17, 15) is 18.4 Å². The maximum Gasteiger partial charge on any atom is 0.282 e. The van der Waals surface area contributed by atoms with E-state index in [0.717, 1.165) is 28.0 Å². The van der Waals surface area contributed by atoms with Gasteiger partial charge in [0.05, 0.1) is 25.6 Å². The van der Waals surface area contributed by atoms with Crippen molar-refractivity contribution >= 4 is 21.4 Å². The molecule has 0 amide bonds. The molecular weight excluding hydrogens is 415 g/mol. The number of methoxy groups -OCH3 is 2. The zero-order chi connectivity index (χ0) is 21.9. The molecule has 0 atom stereocenters. The smallest absolute Gasteiger partial charge is 0.282 e. The van der Waals surface area contributed by atoms with Crippen LogP contribution in [-0.4, -0.2) is 24.5 Å². The summed E-state index contributed by atoms with van der Waals surface area (Å²) in [5.74, 6) is -3.93. The lowest BCUT2D eigenvalue weighted by Gasteiger charge is -2.21. The van der Waals surface area contributed by atoms with Gasteiger partial charge in [-0.3, -0.25) is 10.3 Å². The van der Waals surface area contributed by atoms with Crippen molar-refractivity contribution in [3.8, 4) is 11.5 Å². The van der Waals surface area contributed by atoms with E-state index in [-0.39, 0.29) is 40.4 Å². The molecule has 0 aliphatic rings. The van der Waals surface area contributed by atoms with E-state index in [2.05, 4.69) is 6.58 Å². The average molecular weight is 437 g/mol. The number of halogens is 3. The molecule has 4 nitrogen and oxygen atoms in total. The topological polar surface area (TPSA) is 41.9 Å². The van der Waals surface area contributed by atoms with Crippen LogP contribution in [0.1, 0.15) is 23.3 Å². The molecule has 0 bridgehead atoms. The number of alkyl halides is 2. The first-order valence-electron chi connectivity index (χ1n) is 9.17. The van der Waals surface area contributed by atoms with Crippen molar-refractivity contribution in [1.82, 2.24) is 5.06 Å². The summed E-state index contributed by atoms with van der Waals surface area (Å²) in [5, 5.41) is 11.0. The van der Waals surface area contributed by atoms with Gasteiger partial charge in [-0.2, -0.15) is 0 Å². The first-order chi connectivity index (χ1) is 14.3. The molecule has 3 aromatic rings. The molecule has 0 unspecified atom stereocenters. The zero-order valence-electron chi connectivity index (χ0n) is 16.6. The van der Waals surface area contributed by atoms with Crippen LogP contribution in [0.2, 0.25) is 0 Å². The molecule has 2 aromatic carbocycles. The van der Waals surface area contributed by atoms with Crippen molar-refractivity contribution in [2.45, 2.75) is 25.3 Å². The standard InChI is InChI=1S/C22H22F3NO3S/c1-14(26(27)13-15-7-5-4-6-8-15)9-10-22(24,25)19-11-16-18(30-19)12-17(28-2)21(29-3)20(16)23/h4-8,11-12,27H,1,9-10,13H2,2-3H3. The third-order valence-electron chi connectivity index (χ3n) is 4.73. The number of fused-ring (bicyclic) bond motifs is 1. The van der Waals surface area contributed by atoms with Crippen LogP contribution >= 0.6 is 11.3 Å². The fourth-order valence-electron chi connectivity index (χ4n) is 3.04. The van der Waals surface area contributed by atoms with Gasteiger partial charge in [0.2, 0.25) is 0 Å². The Morgan fingerprint density at radius 1 is 1.17 bits per heavy atom. The third-order valence-corrected chi connectivity index (χ3v) is 5.93. The Morgan fingerprint density at radius 2 is 1.87 bits per heavy atom. The van der Waals surface area contributed by atoms with Gasteiger partial charge in [0.1, 0.15) is 0 Å². The summed E-state index contributed by atoms with van der Waals surface area (Å²) >= 11 is 0.798. The highest BCUT2D eigenvalue weighted by Crippen LogP contribution is 2.45. The summed E-state index contributed by atoms with van der Waals surface area (Å²) in [6, 6.07) is 11.8. The van der Waals surface area contributed by atoms with E-state index in [1.54, 1.807) is 0 Å². The van der Waals surface area contributed by atoms with Gasteiger partial charge in [-0.1, -0.05) is 36.9 Å². The molecule has 1 heterocycles. The van der Waals surface area contributed by atoms with E-state index < -0.39 is 18.2 Å². The Balaban J connectivity index is 1.74. The summed E-state index contributed by atoms with van der Waals surface area (Å²) in [7, 11) is 2.64. The van der Waals surface area contributed by atoms with E-state index in [4.69, 9.17) is 9.47 Å². The molecule has 1 N–H and O–H groups in total. The molecule has 160 valence electrons. The molecule has 8 heteroatoms. The molecule has 0 saturated carbocycles. The van der Waals surface area contributed by atoms with Crippen molar-refractivity contribution in [2.75, 3.05) is 14.2 Å². The predicted molar refractivity (Wildman–Crippen MR) is 111 cm³/mol. The van der Waals surface area contributed by atoms with Crippen LogP contribution in [0.3, 0.4) is 0 Å². The van der Waals surface area contributed by atoms with E-state index >= 15 is 0 Å². The SMILES string of the molecule is C=C(CCC(F)(F)c1cc2c(F)c(OC)c(OC)cc2s1)N(O)Cc1ccccc1. The Bertz CT molecular complexity index is 1040. The molecule has 0 radical (unpaired) electrons. The molecular formula is C22H22F3NO3S. The van der Waals surface area contributed by atoms with E-state index in [0.29, 0.717) is 4.70 Å². The van der Waals surface area contributed by atoms with Gasteiger partial charge in [-0.15, -0.1) is 11.3 Å². The van der Waals surface area contributed by atoms with Crippen LogP contribution in [-0.2, 0) is 12.5 Å². The molecule has 0 aliphatic heterocycles. The summed E-state index contributed by atoms with van der Waals surface area (Å²) < 4.78 is 54.7. The summed E-state index contributed by atoms with van der Waals surface area (Å²) in [5.41, 5.74) is 1.00. The summed E-state index contributed by atoms with van der Waals surface area (Å²) in [6.07, 6.45) is -0.694. The van der Waals surface area contributed by atoms with Crippen molar-refractivity contribution in [3.05, 3.63) is 71.0 Å². The van der Waals surface area contributed by atoms with Crippen LogP contribution in [0.4, 0.5) is 13.2 Å². The zero-order valence-corrected chi connectivity index (χ0v) is 17.4. The van der Waals surface area contributed by atoms with Crippen molar-refractivity contribution in [3.63, 3.8) is 0 Å². The maximum atomic E-state index is 14.8. The van der Waals surface area contributed by atoms with Crippen molar-refractivity contribution in [2.24, 2.45) is 0 Å². The number of thiophene rings is 1. The minimum atomic E-state index is -3.22. The number of nitrogens with zero attached hydrogens (tertiary/aromatic N) is 1. The second kappa shape index (κ2) is 8.97. The first-order valence-corrected chi connectivity index (χ1v) is 9.99. The Hall–Kier alpha value is -2.71. The molecule has 0 saturated heterocycles. The number of hydrogen-bond acceptors (Lipinski definition) is 5. The van der Waals surface area contributed by atoms with Gasteiger partial charge in [0.25, 0.3) is 5.92 Å². The molecule has 3 rings (SSSR count). The molecule has 0 aliphatic carbocycles. The average Bonchev–Trinajstić information content (AvgIpc) is 3.18. The number of benzene rings is 2. The normalized spacial score (nSPS) is 11.5. The van der Waals surface area contributed by atoms with E-state index in [1.165, 1.54) is 20.3 Å². The molecule has 1 aromatic heterocycles. The first kappa shape index (κ1) is 22.0. The lowest BCUT2D eigenvalue weighted by molar-refractivity contribution is -0.0728. The second-order valence-corrected chi connectivity index (χ2v) is 7.85. The van der Waals surface area contributed by atoms with E-state index in [1.807, 2.05) is 30.3 Å². The van der Waals surface area contributed by atoms with Crippen molar-refractivity contribution < 1.29 is 27.9 Å². The third kappa shape index (κ3) is 4.55. The monoisotopic (exact) mass is 437 g/mol. The quantitative estimate of drug-likeness (QED) is 0.397. The summed E-state index contributed by atoms with van der Waals surface area (Å²) in [4.78, 5) is -0.271.